The highest BCUT2D eigenvalue weighted by Gasteiger charge is 2.32. The number of fused-ring (bicyclic) bond motifs is 1. The van der Waals surface area contributed by atoms with Crippen molar-refractivity contribution in [1.82, 2.24) is 15.2 Å². The number of pyridine rings is 1. The van der Waals surface area contributed by atoms with Crippen LogP contribution in [-0.2, 0) is 6.42 Å². The summed E-state index contributed by atoms with van der Waals surface area (Å²) in [5.74, 6) is 0.868. The number of rotatable bonds is 3. The summed E-state index contributed by atoms with van der Waals surface area (Å²) >= 11 is 0. The lowest BCUT2D eigenvalue weighted by Crippen LogP contribution is -2.49. The Balaban J connectivity index is 1.29. The van der Waals surface area contributed by atoms with Crippen LogP contribution in [0.15, 0.2) is 42.6 Å². The fourth-order valence-corrected chi connectivity index (χ4v) is 4.66. The minimum Gasteiger partial charge on any atom is -0.355 e. The van der Waals surface area contributed by atoms with Crippen molar-refractivity contribution >= 4 is 23.4 Å². The summed E-state index contributed by atoms with van der Waals surface area (Å²) in [5.41, 5.74) is 2.83. The Labute approximate surface area is 170 Å². The standard InChI is InChI=1S/C22H25N5O2/c28-21(27-12-9-16-4-1-2-6-19(16)27)17-7-8-20(24-14-17)25-11-3-5-18(15-25)26-13-10-23-22(26)29/h1-2,4,6-8,14,18H,3,5,9-13,15H2,(H,23,29). The molecule has 2 saturated heterocycles. The largest absolute Gasteiger partial charge is 0.355 e. The fourth-order valence-electron chi connectivity index (χ4n) is 4.66. The average Bonchev–Trinajstić information content (AvgIpc) is 3.40. The number of carbonyl (C=O) groups excluding carboxylic acids is 2. The SMILES string of the molecule is O=C(c1ccc(N2CCCC(N3CCNC3=O)C2)nc1)N1CCc2ccccc21. The van der Waals surface area contributed by atoms with Gasteiger partial charge >= 0.3 is 6.03 Å². The minimum atomic E-state index is -0.000687. The molecule has 0 spiro atoms. The van der Waals surface area contributed by atoms with Gasteiger partial charge < -0.3 is 20.0 Å². The van der Waals surface area contributed by atoms with Gasteiger partial charge in [-0.3, -0.25) is 4.79 Å². The number of amides is 3. The van der Waals surface area contributed by atoms with Gasteiger partial charge in [0.25, 0.3) is 5.91 Å². The van der Waals surface area contributed by atoms with Crippen LogP contribution in [0, 0.1) is 0 Å². The van der Waals surface area contributed by atoms with Gasteiger partial charge in [-0.25, -0.2) is 9.78 Å². The van der Waals surface area contributed by atoms with Crippen LogP contribution in [0.4, 0.5) is 16.3 Å². The zero-order valence-corrected chi connectivity index (χ0v) is 16.4. The van der Waals surface area contributed by atoms with E-state index in [0.717, 1.165) is 56.9 Å². The number of hydrogen-bond donors (Lipinski definition) is 1. The van der Waals surface area contributed by atoms with E-state index < -0.39 is 0 Å². The van der Waals surface area contributed by atoms with E-state index in [9.17, 15) is 9.59 Å². The summed E-state index contributed by atoms with van der Waals surface area (Å²) in [7, 11) is 0. The molecule has 2 fully saturated rings. The van der Waals surface area contributed by atoms with Crippen molar-refractivity contribution in [3.05, 3.63) is 53.7 Å². The second-order valence-electron chi connectivity index (χ2n) is 7.91. The predicted molar refractivity (Wildman–Crippen MR) is 111 cm³/mol. The number of carbonyl (C=O) groups is 2. The Morgan fingerprint density at radius 2 is 2.00 bits per heavy atom. The van der Waals surface area contributed by atoms with Crippen molar-refractivity contribution in [2.45, 2.75) is 25.3 Å². The van der Waals surface area contributed by atoms with E-state index in [1.54, 1.807) is 6.20 Å². The lowest BCUT2D eigenvalue weighted by Gasteiger charge is -2.37. The van der Waals surface area contributed by atoms with Crippen LogP contribution in [0.1, 0.15) is 28.8 Å². The Kier molecular flexibility index (Phi) is 4.58. The third kappa shape index (κ3) is 3.30. The van der Waals surface area contributed by atoms with Crippen LogP contribution in [0.25, 0.3) is 0 Å². The molecule has 1 aromatic heterocycles. The zero-order chi connectivity index (χ0) is 19.8. The molecule has 1 unspecified atom stereocenters. The number of urea groups is 1. The van der Waals surface area contributed by atoms with E-state index in [0.29, 0.717) is 12.1 Å². The summed E-state index contributed by atoms with van der Waals surface area (Å²) in [5, 5.41) is 2.89. The molecule has 2 aromatic rings. The third-order valence-electron chi connectivity index (χ3n) is 6.18. The summed E-state index contributed by atoms with van der Waals surface area (Å²) in [6.07, 6.45) is 4.63. The van der Waals surface area contributed by atoms with Gasteiger partial charge in [-0.05, 0) is 43.0 Å². The molecular weight excluding hydrogens is 366 g/mol. The van der Waals surface area contributed by atoms with Gasteiger partial charge in [-0.2, -0.15) is 0 Å². The molecule has 3 amide bonds. The highest BCUT2D eigenvalue weighted by Crippen LogP contribution is 2.29. The monoisotopic (exact) mass is 391 g/mol. The lowest BCUT2D eigenvalue weighted by atomic mass is 10.0. The van der Waals surface area contributed by atoms with Crippen molar-refractivity contribution < 1.29 is 9.59 Å². The molecule has 1 aromatic carbocycles. The molecule has 5 rings (SSSR count). The van der Waals surface area contributed by atoms with Crippen molar-refractivity contribution in [2.75, 3.05) is 42.5 Å². The first-order chi connectivity index (χ1) is 14.2. The second kappa shape index (κ2) is 7.39. The molecular formula is C22H25N5O2. The van der Waals surface area contributed by atoms with E-state index >= 15 is 0 Å². The van der Waals surface area contributed by atoms with Crippen molar-refractivity contribution in [1.29, 1.82) is 0 Å². The highest BCUT2D eigenvalue weighted by molar-refractivity contribution is 6.07. The number of anilines is 2. The van der Waals surface area contributed by atoms with Gasteiger partial charge in [0.05, 0.1) is 11.6 Å². The zero-order valence-electron chi connectivity index (χ0n) is 16.4. The maximum Gasteiger partial charge on any atom is 0.317 e. The smallest absolute Gasteiger partial charge is 0.317 e. The van der Waals surface area contributed by atoms with E-state index in [2.05, 4.69) is 21.3 Å². The van der Waals surface area contributed by atoms with E-state index in [1.807, 2.05) is 40.1 Å². The van der Waals surface area contributed by atoms with Crippen LogP contribution in [-0.4, -0.2) is 60.6 Å². The molecule has 29 heavy (non-hydrogen) atoms. The number of aromatic nitrogens is 1. The number of para-hydroxylation sites is 1. The lowest BCUT2D eigenvalue weighted by molar-refractivity contribution is 0.0989. The second-order valence-corrected chi connectivity index (χ2v) is 7.91. The molecule has 150 valence electrons. The maximum absolute atomic E-state index is 13.0. The van der Waals surface area contributed by atoms with E-state index in [-0.39, 0.29) is 18.0 Å². The van der Waals surface area contributed by atoms with Gasteiger partial charge in [0, 0.05) is 44.6 Å². The van der Waals surface area contributed by atoms with Gasteiger partial charge in [0.15, 0.2) is 0 Å². The third-order valence-corrected chi connectivity index (χ3v) is 6.18. The van der Waals surface area contributed by atoms with Crippen molar-refractivity contribution in [2.24, 2.45) is 0 Å². The molecule has 1 N–H and O–H groups in total. The number of piperidine rings is 1. The number of nitrogens with zero attached hydrogens (tertiary/aromatic N) is 4. The van der Waals surface area contributed by atoms with Crippen molar-refractivity contribution in [3.63, 3.8) is 0 Å². The summed E-state index contributed by atoms with van der Waals surface area (Å²) in [6, 6.07) is 12.1. The topological polar surface area (TPSA) is 68.8 Å². The molecule has 0 bridgehead atoms. The molecule has 7 nitrogen and oxygen atoms in total. The maximum atomic E-state index is 13.0. The molecule has 7 heteroatoms. The van der Waals surface area contributed by atoms with Gasteiger partial charge in [-0.1, -0.05) is 18.2 Å². The van der Waals surface area contributed by atoms with E-state index in [4.69, 9.17) is 0 Å². The van der Waals surface area contributed by atoms with Crippen LogP contribution in [0.3, 0.4) is 0 Å². The summed E-state index contributed by atoms with van der Waals surface area (Å²) in [4.78, 5) is 35.6. The quantitative estimate of drug-likeness (QED) is 0.872. The van der Waals surface area contributed by atoms with Crippen LogP contribution in [0.2, 0.25) is 0 Å². The Hall–Kier alpha value is -3.09. The van der Waals surface area contributed by atoms with Crippen LogP contribution in [0.5, 0.6) is 0 Å². The number of nitrogens with one attached hydrogen (secondary N) is 1. The summed E-state index contributed by atoms with van der Waals surface area (Å²) < 4.78 is 0. The Bertz CT molecular complexity index is 929. The molecule has 4 heterocycles. The molecule has 3 aliphatic rings. The minimum absolute atomic E-state index is 0.000687. The average molecular weight is 391 g/mol. The van der Waals surface area contributed by atoms with Gasteiger partial charge in [-0.15, -0.1) is 0 Å². The van der Waals surface area contributed by atoms with Crippen molar-refractivity contribution in [3.8, 4) is 0 Å². The first-order valence-corrected chi connectivity index (χ1v) is 10.4. The molecule has 1 atom stereocenters. The van der Waals surface area contributed by atoms with E-state index in [1.165, 1.54) is 5.56 Å². The summed E-state index contributed by atoms with van der Waals surface area (Å²) in [6.45, 7) is 3.92. The normalized spacial score (nSPS) is 21.3. The molecule has 0 radical (unpaired) electrons. The first kappa shape index (κ1) is 18.0. The number of benzene rings is 1. The van der Waals surface area contributed by atoms with Crippen LogP contribution >= 0.6 is 0 Å². The first-order valence-electron chi connectivity index (χ1n) is 10.4. The fraction of sp³-hybridized carbons (Fsp3) is 0.409. The Morgan fingerprint density at radius 1 is 1.10 bits per heavy atom. The molecule has 0 aliphatic carbocycles. The van der Waals surface area contributed by atoms with Gasteiger partial charge in [0.2, 0.25) is 0 Å². The molecule has 0 saturated carbocycles. The van der Waals surface area contributed by atoms with Crippen LogP contribution < -0.4 is 15.1 Å². The molecule has 3 aliphatic heterocycles. The number of hydrogen-bond acceptors (Lipinski definition) is 4. The predicted octanol–water partition coefficient (Wildman–Crippen LogP) is 2.28. The van der Waals surface area contributed by atoms with Gasteiger partial charge in [0.1, 0.15) is 5.82 Å². The highest BCUT2D eigenvalue weighted by atomic mass is 16.2. The Morgan fingerprint density at radius 3 is 2.79 bits per heavy atom.